The standard InChI is InChI=1S/C23H25FN4/c1-14-8-18(17-9-15(2)23-19(10-17)13-28(3)27-23)11-21(24)20(14)12-22(25)16-4-6-26-7-5-16/h4,8-13,26H,5-7,25H2,1-3H3/b22-12-. The van der Waals surface area contributed by atoms with Crippen LogP contribution in [-0.2, 0) is 7.05 Å². The van der Waals surface area contributed by atoms with Crippen LogP contribution in [0, 0.1) is 19.7 Å². The van der Waals surface area contributed by atoms with Crippen LogP contribution in [0.25, 0.3) is 28.1 Å². The highest BCUT2D eigenvalue weighted by Crippen LogP contribution is 2.30. The number of nitrogens with zero attached hydrogens (tertiary/aromatic N) is 2. The Morgan fingerprint density at radius 1 is 1.18 bits per heavy atom. The van der Waals surface area contributed by atoms with Gasteiger partial charge < -0.3 is 11.1 Å². The predicted molar refractivity (Wildman–Crippen MR) is 113 cm³/mol. The molecule has 0 spiro atoms. The van der Waals surface area contributed by atoms with Gasteiger partial charge in [0.25, 0.3) is 0 Å². The van der Waals surface area contributed by atoms with Gasteiger partial charge in [0.2, 0.25) is 0 Å². The number of rotatable bonds is 3. The van der Waals surface area contributed by atoms with Crippen molar-refractivity contribution < 1.29 is 4.39 Å². The van der Waals surface area contributed by atoms with Crippen molar-refractivity contribution in [1.29, 1.82) is 0 Å². The first kappa shape index (κ1) is 18.4. The van der Waals surface area contributed by atoms with Gasteiger partial charge in [0.1, 0.15) is 5.82 Å². The number of hydrogen-bond acceptors (Lipinski definition) is 3. The van der Waals surface area contributed by atoms with E-state index in [-0.39, 0.29) is 5.82 Å². The van der Waals surface area contributed by atoms with Gasteiger partial charge in [0.05, 0.1) is 5.52 Å². The molecule has 2 aromatic carbocycles. The minimum absolute atomic E-state index is 0.253. The van der Waals surface area contributed by atoms with Crippen molar-refractivity contribution in [3.8, 4) is 11.1 Å². The van der Waals surface area contributed by atoms with Gasteiger partial charge in [0, 0.05) is 36.4 Å². The molecule has 2 heterocycles. The Morgan fingerprint density at radius 2 is 1.93 bits per heavy atom. The van der Waals surface area contributed by atoms with Crippen molar-refractivity contribution in [1.82, 2.24) is 15.1 Å². The van der Waals surface area contributed by atoms with Gasteiger partial charge in [-0.25, -0.2) is 4.39 Å². The minimum Gasteiger partial charge on any atom is -0.398 e. The van der Waals surface area contributed by atoms with Crippen LogP contribution in [0.3, 0.4) is 0 Å². The zero-order valence-electron chi connectivity index (χ0n) is 16.5. The molecule has 0 amide bonds. The smallest absolute Gasteiger partial charge is 0.131 e. The lowest BCUT2D eigenvalue weighted by Gasteiger charge is -2.15. The molecule has 0 fully saturated rings. The highest BCUT2D eigenvalue weighted by Gasteiger charge is 2.13. The van der Waals surface area contributed by atoms with Gasteiger partial charge in [-0.15, -0.1) is 0 Å². The third kappa shape index (κ3) is 3.45. The van der Waals surface area contributed by atoms with Gasteiger partial charge in [-0.1, -0.05) is 12.1 Å². The van der Waals surface area contributed by atoms with E-state index in [9.17, 15) is 4.39 Å². The number of benzene rings is 2. The maximum atomic E-state index is 15.0. The Kier molecular flexibility index (Phi) is 4.77. The van der Waals surface area contributed by atoms with Crippen LogP contribution < -0.4 is 11.1 Å². The molecule has 0 radical (unpaired) electrons. The monoisotopic (exact) mass is 376 g/mol. The summed E-state index contributed by atoms with van der Waals surface area (Å²) in [5.41, 5.74) is 13.3. The number of aromatic nitrogens is 2. The molecule has 0 saturated carbocycles. The molecule has 1 aliphatic heterocycles. The Bertz CT molecular complexity index is 1100. The number of hydrogen-bond donors (Lipinski definition) is 2. The Balaban J connectivity index is 1.74. The van der Waals surface area contributed by atoms with Gasteiger partial charge >= 0.3 is 0 Å². The molecule has 0 unspecified atom stereocenters. The summed E-state index contributed by atoms with van der Waals surface area (Å²) in [7, 11) is 1.91. The van der Waals surface area contributed by atoms with E-state index in [1.807, 2.05) is 33.2 Å². The molecule has 0 bridgehead atoms. The second-order valence-corrected chi connectivity index (χ2v) is 7.51. The van der Waals surface area contributed by atoms with E-state index in [0.29, 0.717) is 11.3 Å². The van der Waals surface area contributed by atoms with Crippen molar-refractivity contribution in [2.75, 3.05) is 13.1 Å². The Labute approximate surface area is 164 Å². The fourth-order valence-electron chi connectivity index (χ4n) is 3.83. The highest BCUT2D eigenvalue weighted by molar-refractivity contribution is 5.87. The number of nitrogens with one attached hydrogen (secondary N) is 1. The van der Waals surface area contributed by atoms with E-state index in [2.05, 4.69) is 28.6 Å². The van der Waals surface area contributed by atoms with Crippen molar-refractivity contribution in [2.45, 2.75) is 20.3 Å². The summed E-state index contributed by atoms with van der Waals surface area (Å²) in [5.74, 6) is -0.253. The topological polar surface area (TPSA) is 55.9 Å². The van der Waals surface area contributed by atoms with Crippen molar-refractivity contribution in [3.63, 3.8) is 0 Å². The molecular formula is C23H25FN4. The van der Waals surface area contributed by atoms with Crippen LogP contribution in [0.15, 0.2) is 47.8 Å². The summed E-state index contributed by atoms with van der Waals surface area (Å²) in [4.78, 5) is 0. The SMILES string of the molecule is Cc1cc(-c2cc(C)c3nn(C)cc3c2)cc(F)c1/C=C(\N)C1=CCNCC1. The molecule has 144 valence electrons. The van der Waals surface area contributed by atoms with Crippen molar-refractivity contribution in [2.24, 2.45) is 12.8 Å². The molecule has 28 heavy (non-hydrogen) atoms. The quantitative estimate of drug-likeness (QED) is 0.720. The number of aryl methyl sites for hydroxylation is 3. The van der Waals surface area contributed by atoms with E-state index in [1.54, 1.807) is 16.8 Å². The fourth-order valence-corrected chi connectivity index (χ4v) is 3.83. The third-order valence-electron chi connectivity index (χ3n) is 5.32. The summed E-state index contributed by atoms with van der Waals surface area (Å²) < 4.78 is 16.8. The average Bonchev–Trinajstić information content (AvgIpc) is 3.06. The lowest BCUT2D eigenvalue weighted by molar-refractivity contribution is 0.624. The normalized spacial score (nSPS) is 15.1. The zero-order chi connectivity index (χ0) is 19.8. The summed E-state index contributed by atoms with van der Waals surface area (Å²) in [6, 6.07) is 7.75. The summed E-state index contributed by atoms with van der Waals surface area (Å²) in [6.07, 6.45) is 6.69. The summed E-state index contributed by atoms with van der Waals surface area (Å²) in [5, 5.41) is 8.80. The van der Waals surface area contributed by atoms with Crippen LogP contribution in [-0.4, -0.2) is 22.9 Å². The van der Waals surface area contributed by atoms with E-state index in [1.165, 1.54) is 0 Å². The minimum atomic E-state index is -0.253. The molecule has 3 aromatic rings. The first-order valence-corrected chi connectivity index (χ1v) is 9.54. The van der Waals surface area contributed by atoms with Gasteiger partial charge in [-0.05, 0) is 78.9 Å². The number of allylic oxidation sites excluding steroid dienone is 1. The van der Waals surface area contributed by atoms with E-state index < -0.39 is 0 Å². The molecule has 0 saturated heterocycles. The molecule has 4 nitrogen and oxygen atoms in total. The van der Waals surface area contributed by atoms with Crippen LogP contribution >= 0.6 is 0 Å². The van der Waals surface area contributed by atoms with Crippen LogP contribution in [0.2, 0.25) is 0 Å². The van der Waals surface area contributed by atoms with Crippen LogP contribution in [0.4, 0.5) is 4.39 Å². The second-order valence-electron chi connectivity index (χ2n) is 7.51. The fraction of sp³-hybridized carbons (Fsp3) is 0.261. The summed E-state index contributed by atoms with van der Waals surface area (Å²) >= 11 is 0. The molecule has 1 aliphatic rings. The van der Waals surface area contributed by atoms with E-state index >= 15 is 0 Å². The van der Waals surface area contributed by atoms with Gasteiger partial charge in [-0.3, -0.25) is 4.68 Å². The second kappa shape index (κ2) is 7.24. The Morgan fingerprint density at radius 3 is 2.64 bits per heavy atom. The van der Waals surface area contributed by atoms with E-state index in [4.69, 9.17) is 5.73 Å². The molecule has 4 rings (SSSR count). The van der Waals surface area contributed by atoms with Crippen molar-refractivity contribution >= 4 is 17.0 Å². The number of halogens is 1. The van der Waals surface area contributed by atoms with Gasteiger partial charge in [0.15, 0.2) is 0 Å². The van der Waals surface area contributed by atoms with Crippen molar-refractivity contribution in [3.05, 3.63) is 70.3 Å². The van der Waals surface area contributed by atoms with Gasteiger partial charge in [-0.2, -0.15) is 5.10 Å². The highest BCUT2D eigenvalue weighted by atomic mass is 19.1. The Hall–Kier alpha value is -2.92. The zero-order valence-corrected chi connectivity index (χ0v) is 16.5. The molecule has 1 aromatic heterocycles. The molecule has 5 heteroatoms. The molecule has 3 N–H and O–H groups in total. The lowest BCUT2D eigenvalue weighted by atomic mass is 9.95. The lowest BCUT2D eigenvalue weighted by Crippen LogP contribution is -2.22. The molecule has 0 atom stereocenters. The largest absolute Gasteiger partial charge is 0.398 e. The van der Waals surface area contributed by atoms with E-state index in [0.717, 1.165) is 58.2 Å². The van der Waals surface area contributed by atoms with Crippen LogP contribution in [0.1, 0.15) is 23.1 Å². The average molecular weight is 376 g/mol. The number of nitrogens with two attached hydrogens (primary N) is 1. The first-order valence-electron chi connectivity index (χ1n) is 9.54. The maximum absolute atomic E-state index is 15.0. The summed E-state index contributed by atoms with van der Waals surface area (Å²) in [6.45, 7) is 5.67. The number of fused-ring (bicyclic) bond motifs is 1. The maximum Gasteiger partial charge on any atom is 0.131 e. The third-order valence-corrected chi connectivity index (χ3v) is 5.32. The first-order chi connectivity index (χ1) is 13.4. The van der Waals surface area contributed by atoms with Crippen LogP contribution in [0.5, 0.6) is 0 Å². The predicted octanol–water partition coefficient (Wildman–Crippen LogP) is 4.22. The molecular weight excluding hydrogens is 351 g/mol. The molecule has 0 aliphatic carbocycles.